The van der Waals surface area contributed by atoms with E-state index in [4.69, 9.17) is 32.5 Å². The Morgan fingerprint density at radius 1 is 0.750 bits per heavy atom. The van der Waals surface area contributed by atoms with Crippen LogP contribution in [0.25, 0.3) is 0 Å². The van der Waals surface area contributed by atoms with Gasteiger partial charge in [0.25, 0.3) is 7.14 Å². The molecule has 10 nitrogen and oxygen atoms in total. The van der Waals surface area contributed by atoms with Gasteiger partial charge in [0, 0.05) is 0 Å². The van der Waals surface area contributed by atoms with Gasteiger partial charge in [0.15, 0.2) is 0 Å². The van der Waals surface area contributed by atoms with E-state index in [9.17, 15) is 18.9 Å². The zero-order chi connectivity index (χ0) is 16.1. The molecule has 0 spiro atoms. The van der Waals surface area contributed by atoms with Crippen molar-refractivity contribution in [3.05, 3.63) is 0 Å². The third-order valence-electron chi connectivity index (χ3n) is 2.47. The van der Waals surface area contributed by atoms with Crippen LogP contribution in [0, 0.1) is 0 Å². The summed E-state index contributed by atoms with van der Waals surface area (Å²) in [6.07, 6.45) is 0. The average Bonchev–Trinajstić information content (AvgIpc) is 2.48. The van der Waals surface area contributed by atoms with Crippen molar-refractivity contribution in [1.29, 1.82) is 0 Å². The molecule has 0 aromatic rings. The molecule has 0 rings (SSSR count). The van der Waals surface area contributed by atoms with Gasteiger partial charge in [-0.1, -0.05) is 0 Å². The van der Waals surface area contributed by atoms with Crippen LogP contribution in [0.3, 0.4) is 0 Å². The number of aliphatic hydroxyl groups excluding tert-OH is 3. The van der Waals surface area contributed by atoms with Crippen LogP contribution in [0.5, 0.6) is 0 Å². The standard InChI is InChI=1S/C9H18N3O7P/c10-4(1-13)7(16)20(19,8(17)5(11)2-14)9(18)6(12)3-15/h4-6,13-15H,1-3,10-12H2. The summed E-state index contributed by atoms with van der Waals surface area (Å²) < 4.78 is 12.5. The first-order valence-electron chi connectivity index (χ1n) is 5.51. The van der Waals surface area contributed by atoms with Crippen molar-refractivity contribution in [2.45, 2.75) is 18.1 Å². The lowest BCUT2D eigenvalue weighted by Crippen LogP contribution is -2.46. The van der Waals surface area contributed by atoms with E-state index in [1.165, 1.54) is 0 Å². The number of hydrogen-bond acceptors (Lipinski definition) is 10. The molecule has 116 valence electrons. The minimum atomic E-state index is -4.98. The predicted octanol–water partition coefficient (Wildman–Crippen LogP) is -4.11. The van der Waals surface area contributed by atoms with Crippen molar-refractivity contribution in [1.82, 2.24) is 0 Å². The van der Waals surface area contributed by atoms with Crippen LogP contribution in [0.15, 0.2) is 0 Å². The molecule has 3 unspecified atom stereocenters. The Kier molecular flexibility index (Phi) is 7.31. The Morgan fingerprint density at radius 2 is 0.950 bits per heavy atom. The van der Waals surface area contributed by atoms with E-state index < -0.39 is 61.7 Å². The molecule has 0 aromatic carbocycles. The lowest BCUT2D eigenvalue weighted by atomic mass is 10.4. The first-order chi connectivity index (χ1) is 9.18. The summed E-state index contributed by atoms with van der Waals surface area (Å²) >= 11 is 0. The number of nitrogens with two attached hydrogens (primary N) is 3. The average molecular weight is 311 g/mol. The van der Waals surface area contributed by atoms with Gasteiger partial charge in [-0.2, -0.15) is 0 Å². The van der Waals surface area contributed by atoms with Crippen LogP contribution >= 0.6 is 7.14 Å². The van der Waals surface area contributed by atoms with E-state index in [0.717, 1.165) is 0 Å². The van der Waals surface area contributed by atoms with Gasteiger partial charge in [0.2, 0.25) is 16.6 Å². The lowest BCUT2D eigenvalue weighted by molar-refractivity contribution is -0.119. The Labute approximate surface area is 114 Å². The van der Waals surface area contributed by atoms with Crippen molar-refractivity contribution in [2.24, 2.45) is 17.2 Å². The quantitative estimate of drug-likeness (QED) is 0.227. The van der Waals surface area contributed by atoms with E-state index in [-0.39, 0.29) is 0 Å². The highest BCUT2D eigenvalue weighted by atomic mass is 31.2. The number of aliphatic hydroxyl groups is 3. The van der Waals surface area contributed by atoms with E-state index in [2.05, 4.69) is 0 Å². The van der Waals surface area contributed by atoms with Crippen LogP contribution in [-0.4, -0.2) is 69.8 Å². The van der Waals surface area contributed by atoms with E-state index in [1.807, 2.05) is 0 Å². The Hall–Kier alpha value is -1.00. The van der Waals surface area contributed by atoms with Gasteiger partial charge in [0.1, 0.15) is 0 Å². The van der Waals surface area contributed by atoms with Crippen LogP contribution in [-0.2, 0) is 18.9 Å². The second kappa shape index (κ2) is 7.70. The summed E-state index contributed by atoms with van der Waals surface area (Å²) in [5.41, 5.74) is 11.0. The molecule has 0 bridgehead atoms. The SMILES string of the molecule is NC(CO)C(=O)P(=O)(C(=O)C(N)CO)C(=O)C(N)CO. The molecule has 0 heterocycles. The lowest BCUT2D eigenvalue weighted by Gasteiger charge is -2.21. The first kappa shape index (κ1) is 19.0. The van der Waals surface area contributed by atoms with Crippen molar-refractivity contribution in [2.75, 3.05) is 19.8 Å². The Balaban J connectivity index is 5.81. The van der Waals surface area contributed by atoms with Gasteiger partial charge in [-0.25, -0.2) is 0 Å². The zero-order valence-corrected chi connectivity index (χ0v) is 11.4. The molecular weight excluding hydrogens is 293 g/mol. The first-order valence-corrected chi connectivity index (χ1v) is 7.21. The number of carbonyl (C=O) groups excluding carboxylic acids is 3. The molecule has 3 atom stereocenters. The highest BCUT2D eigenvalue weighted by Gasteiger charge is 2.51. The number of carbonyl (C=O) groups is 3. The topological polar surface area (TPSA) is 207 Å². The number of rotatable bonds is 9. The summed E-state index contributed by atoms with van der Waals surface area (Å²) in [7, 11) is -4.98. The fourth-order valence-electron chi connectivity index (χ4n) is 1.26. The molecule has 0 amide bonds. The van der Waals surface area contributed by atoms with Gasteiger partial charge in [0.05, 0.1) is 37.9 Å². The fourth-order valence-corrected chi connectivity index (χ4v) is 3.56. The molecule has 0 aliphatic rings. The monoisotopic (exact) mass is 311 g/mol. The second-order valence-corrected chi connectivity index (χ2v) is 6.53. The van der Waals surface area contributed by atoms with Crippen molar-refractivity contribution in [3.8, 4) is 0 Å². The molecule has 0 aliphatic carbocycles. The van der Waals surface area contributed by atoms with Crippen LogP contribution in [0.1, 0.15) is 0 Å². The van der Waals surface area contributed by atoms with Crippen LogP contribution < -0.4 is 17.2 Å². The summed E-state index contributed by atoms with van der Waals surface area (Å²) in [4.78, 5) is 35.6. The molecule has 0 aromatic heterocycles. The van der Waals surface area contributed by atoms with Crippen molar-refractivity contribution >= 4 is 23.7 Å². The maximum atomic E-state index is 12.5. The largest absolute Gasteiger partial charge is 0.394 e. The van der Waals surface area contributed by atoms with Crippen LogP contribution in [0.4, 0.5) is 0 Å². The van der Waals surface area contributed by atoms with Gasteiger partial charge < -0.3 is 32.5 Å². The molecular formula is C9H18N3O7P. The normalized spacial score (nSPS) is 18.7. The molecule has 0 saturated carbocycles. The predicted molar refractivity (Wildman–Crippen MR) is 67.8 cm³/mol. The maximum Gasteiger partial charge on any atom is 0.278 e. The smallest absolute Gasteiger partial charge is 0.278 e. The van der Waals surface area contributed by atoms with Crippen LogP contribution in [0.2, 0.25) is 0 Å². The molecule has 9 N–H and O–H groups in total. The van der Waals surface area contributed by atoms with Gasteiger partial charge in [-0.15, -0.1) is 0 Å². The van der Waals surface area contributed by atoms with E-state index in [0.29, 0.717) is 0 Å². The zero-order valence-electron chi connectivity index (χ0n) is 10.5. The summed E-state index contributed by atoms with van der Waals surface area (Å²) in [6.45, 7) is -2.86. The third kappa shape index (κ3) is 3.55. The maximum absolute atomic E-state index is 12.5. The Morgan fingerprint density at radius 3 is 1.10 bits per heavy atom. The molecule has 0 saturated heterocycles. The van der Waals surface area contributed by atoms with Gasteiger partial charge >= 0.3 is 0 Å². The fraction of sp³-hybridized carbons (Fsp3) is 0.667. The number of hydrogen-bond donors (Lipinski definition) is 6. The van der Waals surface area contributed by atoms with Gasteiger partial charge in [-0.05, 0) is 0 Å². The molecule has 0 aliphatic heterocycles. The molecule has 0 radical (unpaired) electrons. The minimum absolute atomic E-state index is 0.952. The highest BCUT2D eigenvalue weighted by molar-refractivity contribution is 8.06. The summed E-state index contributed by atoms with van der Waals surface area (Å²) in [5, 5.41) is 26.3. The molecule has 11 heteroatoms. The minimum Gasteiger partial charge on any atom is -0.394 e. The van der Waals surface area contributed by atoms with Crippen molar-refractivity contribution < 1.29 is 34.3 Å². The summed E-state index contributed by atoms with van der Waals surface area (Å²) in [6, 6.07) is -5.23. The van der Waals surface area contributed by atoms with Gasteiger partial charge in [-0.3, -0.25) is 18.9 Å². The van der Waals surface area contributed by atoms with E-state index >= 15 is 0 Å². The molecule has 20 heavy (non-hydrogen) atoms. The second-order valence-electron chi connectivity index (χ2n) is 3.99. The van der Waals surface area contributed by atoms with E-state index in [1.54, 1.807) is 0 Å². The van der Waals surface area contributed by atoms with Crippen molar-refractivity contribution in [3.63, 3.8) is 0 Å². The molecule has 0 fully saturated rings. The summed E-state index contributed by atoms with van der Waals surface area (Å²) in [5.74, 6) is 0. The highest BCUT2D eigenvalue weighted by Crippen LogP contribution is 2.50. The Bertz CT molecular complexity index is 379. The third-order valence-corrected chi connectivity index (χ3v) is 5.33.